The number of methoxy groups -OCH3 is 1. The van der Waals surface area contributed by atoms with Crippen molar-refractivity contribution in [1.82, 2.24) is 0 Å². The fraction of sp³-hybridized carbons (Fsp3) is 0.423. The topological polar surface area (TPSA) is 184 Å². The molecule has 0 amide bonds. The summed E-state index contributed by atoms with van der Waals surface area (Å²) in [5.74, 6) is -7.43. The number of carboxylic acid groups (broad SMARTS) is 2. The van der Waals surface area contributed by atoms with Crippen LogP contribution in [0.25, 0.3) is 0 Å². The van der Waals surface area contributed by atoms with Gasteiger partial charge in [0.05, 0.1) is 72.4 Å². The van der Waals surface area contributed by atoms with Gasteiger partial charge in [-0.2, -0.15) is 0 Å². The Labute approximate surface area is 250 Å². The van der Waals surface area contributed by atoms with E-state index in [0.29, 0.717) is 6.08 Å². The Morgan fingerprint density at radius 2 is 1.76 bits per heavy atom. The number of hydrogen-bond acceptors (Lipinski definition) is 10. The van der Waals surface area contributed by atoms with E-state index in [1.807, 2.05) is 0 Å². The molecule has 1 aromatic carbocycles. The van der Waals surface area contributed by atoms with Gasteiger partial charge in [-0.3, -0.25) is 9.79 Å². The Morgan fingerprint density at radius 1 is 1.10 bits per heavy atom. The molecule has 12 nitrogen and oxygen atoms in total. The lowest BCUT2D eigenvalue weighted by molar-refractivity contribution is -0.146. The first-order valence-electron chi connectivity index (χ1n) is 12.1. The number of halogens is 3. The van der Waals surface area contributed by atoms with Gasteiger partial charge >= 0.3 is 23.9 Å². The second-order valence-corrected chi connectivity index (χ2v) is 9.69. The second-order valence-electron chi connectivity index (χ2n) is 8.46. The molecular weight excluding hydrogens is 607 g/mol. The molecule has 0 fully saturated rings. The van der Waals surface area contributed by atoms with E-state index in [1.165, 1.54) is 26.0 Å². The van der Waals surface area contributed by atoms with Crippen molar-refractivity contribution in [3.63, 3.8) is 0 Å². The number of carbonyl (C=O) groups is 4. The number of aliphatic imine (C=N–C) groups is 1. The van der Waals surface area contributed by atoms with Gasteiger partial charge in [-0.25, -0.2) is 14.4 Å². The molecule has 0 saturated heterocycles. The van der Waals surface area contributed by atoms with Crippen LogP contribution in [0.2, 0.25) is 15.1 Å². The number of aliphatic carboxylic acids is 2. The van der Waals surface area contributed by atoms with Gasteiger partial charge in [0.25, 0.3) is 0 Å². The molecule has 0 spiro atoms. The lowest BCUT2D eigenvalue weighted by Gasteiger charge is -2.44. The van der Waals surface area contributed by atoms with Crippen molar-refractivity contribution in [2.45, 2.75) is 19.3 Å². The molecule has 2 rings (SSSR count). The third-order valence-corrected chi connectivity index (χ3v) is 7.00. The fourth-order valence-corrected chi connectivity index (χ4v) is 5.33. The summed E-state index contributed by atoms with van der Waals surface area (Å²) in [6.07, 6.45) is 0.348. The van der Waals surface area contributed by atoms with E-state index < -0.39 is 53.0 Å². The number of nitrogens with zero attached hydrogens (tertiary/aromatic N) is 1. The molecule has 0 aliphatic carbocycles. The van der Waals surface area contributed by atoms with Gasteiger partial charge in [-0.1, -0.05) is 34.8 Å². The van der Waals surface area contributed by atoms with Crippen LogP contribution in [0, 0.1) is 5.92 Å². The van der Waals surface area contributed by atoms with Crippen molar-refractivity contribution in [2.24, 2.45) is 16.6 Å². The molecular formula is C26H29Cl3N2O10. The van der Waals surface area contributed by atoms with Gasteiger partial charge in [-0.05, 0) is 31.5 Å². The van der Waals surface area contributed by atoms with Crippen molar-refractivity contribution in [2.75, 3.05) is 46.7 Å². The first kappa shape index (κ1) is 34.2. The summed E-state index contributed by atoms with van der Waals surface area (Å²) in [6, 6.07) is 2.43. The molecule has 1 heterocycles. The van der Waals surface area contributed by atoms with Gasteiger partial charge in [0.1, 0.15) is 5.92 Å². The molecule has 2 unspecified atom stereocenters. The summed E-state index contributed by atoms with van der Waals surface area (Å²) in [4.78, 5) is 56.5. The zero-order valence-electron chi connectivity index (χ0n) is 22.4. The number of carbonyl (C=O) groups excluding carboxylic acids is 2. The number of ether oxygens (including phenoxy) is 4. The average Bonchev–Trinajstić information content (AvgIpc) is 2.90. The lowest BCUT2D eigenvalue weighted by atomic mass is 9.57. The Hall–Kier alpha value is -3.00. The summed E-state index contributed by atoms with van der Waals surface area (Å²) in [5, 5.41) is 19.6. The molecule has 1 aliphatic heterocycles. The molecule has 0 saturated carbocycles. The van der Waals surface area contributed by atoms with Crippen molar-refractivity contribution >= 4 is 64.4 Å². The van der Waals surface area contributed by atoms with Gasteiger partial charge in [0, 0.05) is 23.4 Å². The van der Waals surface area contributed by atoms with Gasteiger partial charge in [-0.15, -0.1) is 0 Å². The van der Waals surface area contributed by atoms with E-state index in [4.69, 9.17) is 59.5 Å². The van der Waals surface area contributed by atoms with E-state index in [0.717, 1.165) is 7.11 Å². The van der Waals surface area contributed by atoms with Gasteiger partial charge < -0.3 is 34.9 Å². The Kier molecular flexibility index (Phi) is 12.8. The Bertz CT molecular complexity index is 1290. The van der Waals surface area contributed by atoms with Gasteiger partial charge in [0.2, 0.25) is 0 Å². The summed E-state index contributed by atoms with van der Waals surface area (Å²) in [6.45, 7) is 3.00. The van der Waals surface area contributed by atoms with Crippen LogP contribution in [0.5, 0.6) is 0 Å². The third-order valence-electron chi connectivity index (χ3n) is 5.98. The van der Waals surface area contributed by atoms with Crippen LogP contribution in [0.1, 0.15) is 19.4 Å². The predicted octanol–water partition coefficient (Wildman–Crippen LogP) is 3.05. The quantitative estimate of drug-likeness (QED) is 0.118. The maximum absolute atomic E-state index is 13.8. The van der Waals surface area contributed by atoms with E-state index in [2.05, 4.69) is 4.99 Å². The highest BCUT2D eigenvalue weighted by Gasteiger charge is 2.60. The normalized spacial score (nSPS) is 19.0. The molecule has 2 atom stereocenters. The molecule has 1 aromatic rings. The minimum Gasteiger partial charge on any atom is -0.478 e. The summed E-state index contributed by atoms with van der Waals surface area (Å²) < 4.78 is 21.2. The average molecular weight is 636 g/mol. The highest BCUT2D eigenvalue weighted by atomic mass is 35.5. The molecule has 0 aromatic heterocycles. The molecule has 41 heavy (non-hydrogen) atoms. The zero-order chi connectivity index (χ0) is 30.9. The van der Waals surface area contributed by atoms with Crippen LogP contribution < -0.4 is 5.73 Å². The summed E-state index contributed by atoms with van der Waals surface area (Å²) in [5.41, 5.74) is 0.929. The number of hydrogen-bond donors (Lipinski definition) is 3. The van der Waals surface area contributed by atoms with Crippen LogP contribution >= 0.6 is 34.8 Å². The number of benzene rings is 1. The van der Waals surface area contributed by atoms with Crippen LogP contribution in [-0.2, 0) is 43.5 Å². The first-order valence-corrected chi connectivity index (χ1v) is 13.2. The van der Waals surface area contributed by atoms with Crippen LogP contribution in [0.4, 0.5) is 0 Å². The molecule has 4 N–H and O–H groups in total. The standard InChI is InChI=1S/C26H29Cl3N2O10/c1-4-41-25(37)21-18(12-40-8-7-39-6-5-30)31-13(2)20(24(36)38-3)26(21,16(23(34)35)11-19(32)33)15-9-14(27)10-17(28)22(15)29/h9-11,20H,4-8,12,30H2,1-3H3,(H,32,33)(H,34,35). The van der Waals surface area contributed by atoms with E-state index in [-0.39, 0.29) is 65.0 Å². The summed E-state index contributed by atoms with van der Waals surface area (Å²) in [7, 11) is 1.03. The number of rotatable bonds is 14. The van der Waals surface area contributed by atoms with E-state index in [1.54, 1.807) is 0 Å². The molecule has 15 heteroatoms. The van der Waals surface area contributed by atoms with Crippen LogP contribution in [0.3, 0.4) is 0 Å². The predicted molar refractivity (Wildman–Crippen MR) is 149 cm³/mol. The number of nitrogens with two attached hydrogens (primary N) is 1. The monoisotopic (exact) mass is 634 g/mol. The Morgan fingerprint density at radius 3 is 2.32 bits per heavy atom. The molecule has 0 bridgehead atoms. The van der Waals surface area contributed by atoms with Crippen molar-refractivity contribution in [1.29, 1.82) is 0 Å². The SMILES string of the molecule is CCOC(=O)C1=C(COCCOCCN)N=C(C)C(C(=O)OC)C1(C(=CC(=O)O)C(=O)O)c1cc(Cl)cc(Cl)c1Cl. The third kappa shape index (κ3) is 7.45. The minimum atomic E-state index is -2.52. The van der Waals surface area contributed by atoms with Crippen molar-refractivity contribution in [3.05, 3.63) is 55.7 Å². The maximum Gasteiger partial charge on any atom is 0.337 e. The van der Waals surface area contributed by atoms with E-state index >= 15 is 0 Å². The molecule has 0 radical (unpaired) electrons. The highest BCUT2D eigenvalue weighted by Crippen LogP contribution is 2.54. The van der Waals surface area contributed by atoms with Gasteiger partial charge in [0.15, 0.2) is 0 Å². The number of esters is 2. The van der Waals surface area contributed by atoms with Crippen molar-refractivity contribution in [3.8, 4) is 0 Å². The second kappa shape index (κ2) is 15.3. The van der Waals surface area contributed by atoms with Crippen LogP contribution in [0.15, 0.2) is 40.0 Å². The molecule has 224 valence electrons. The smallest absolute Gasteiger partial charge is 0.337 e. The first-order chi connectivity index (χ1) is 19.4. The highest BCUT2D eigenvalue weighted by molar-refractivity contribution is 6.44. The van der Waals surface area contributed by atoms with Crippen molar-refractivity contribution < 1.29 is 48.3 Å². The lowest BCUT2D eigenvalue weighted by Crippen LogP contribution is -2.53. The number of carboxylic acids is 2. The largest absolute Gasteiger partial charge is 0.478 e. The summed E-state index contributed by atoms with van der Waals surface area (Å²) >= 11 is 19.3. The Balaban J connectivity index is 3.16. The maximum atomic E-state index is 13.8. The fourth-order valence-electron chi connectivity index (χ4n) is 4.58. The molecule has 1 aliphatic rings. The zero-order valence-corrected chi connectivity index (χ0v) is 24.6. The van der Waals surface area contributed by atoms with Crippen LogP contribution in [-0.4, -0.2) is 86.5 Å². The van der Waals surface area contributed by atoms with E-state index in [9.17, 15) is 29.4 Å². The minimum absolute atomic E-state index is 0.0160.